The van der Waals surface area contributed by atoms with Gasteiger partial charge in [0.1, 0.15) is 23.0 Å². The summed E-state index contributed by atoms with van der Waals surface area (Å²) in [6, 6.07) is 5.94. The number of para-hydroxylation sites is 1. The number of pyridine rings is 1. The largest absolute Gasteiger partial charge is 0.378 e. The number of ether oxygens (including phenoxy) is 1. The van der Waals surface area contributed by atoms with E-state index in [-0.39, 0.29) is 17.2 Å². The van der Waals surface area contributed by atoms with Gasteiger partial charge in [-0.25, -0.2) is 8.78 Å². The molecule has 2 aromatic rings. The molecular formula is C17H15F2N3O3. The van der Waals surface area contributed by atoms with Crippen molar-refractivity contribution in [1.29, 1.82) is 0 Å². The Labute approximate surface area is 142 Å². The maximum atomic E-state index is 13.6. The fourth-order valence-corrected chi connectivity index (χ4v) is 2.42. The lowest BCUT2D eigenvalue weighted by Crippen LogP contribution is -2.41. The van der Waals surface area contributed by atoms with Crippen LogP contribution in [0, 0.1) is 11.6 Å². The van der Waals surface area contributed by atoms with E-state index in [0.717, 1.165) is 12.1 Å². The number of nitrogens with zero attached hydrogens (tertiary/aromatic N) is 2. The molecule has 1 aliphatic heterocycles. The third kappa shape index (κ3) is 3.80. The fraction of sp³-hybridized carbons (Fsp3) is 0.235. The minimum absolute atomic E-state index is 0.0780. The van der Waals surface area contributed by atoms with Gasteiger partial charge < -0.3 is 15.0 Å². The first-order valence-electron chi connectivity index (χ1n) is 7.64. The van der Waals surface area contributed by atoms with Gasteiger partial charge in [-0.3, -0.25) is 14.6 Å². The molecule has 1 aromatic heterocycles. The highest BCUT2D eigenvalue weighted by atomic mass is 19.1. The quantitative estimate of drug-likeness (QED) is 0.923. The Balaban J connectivity index is 1.78. The molecule has 8 heteroatoms. The highest BCUT2D eigenvalue weighted by Gasteiger charge is 2.21. The number of benzene rings is 1. The normalized spacial score (nSPS) is 14.2. The standard InChI is InChI=1S/C17H15F2N3O3/c18-12-2-1-3-13(19)15(12)21-16(23)11-4-5-20-14(10-11)17(24)22-6-8-25-9-7-22/h1-5,10H,6-9H2,(H,21,23). The molecule has 0 bridgehead atoms. The zero-order valence-electron chi connectivity index (χ0n) is 13.2. The number of aromatic nitrogens is 1. The van der Waals surface area contributed by atoms with Gasteiger partial charge in [-0.05, 0) is 24.3 Å². The second-order valence-corrected chi connectivity index (χ2v) is 5.39. The molecule has 3 rings (SSSR count). The first-order valence-corrected chi connectivity index (χ1v) is 7.64. The summed E-state index contributed by atoms with van der Waals surface area (Å²) >= 11 is 0. The molecular weight excluding hydrogens is 332 g/mol. The predicted octanol–water partition coefficient (Wildman–Crippen LogP) is 2.08. The van der Waals surface area contributed by atoms with Crippen molar-refractivity contribution in [3.05, 3.63) is 59.4 Å². The molecule has 0 atom stereocenters. The van der Waals surface area contributed by atoms with E-state index in [1.165, 1.54) is 24.4 Å². The van der Waals surface area contributed by atoms with Gasteiger partial charge in [0.05, 0.1) is 13.2 Å². The topological polar surface area (TPSA) is 71.5 Å². The van der Waals surface area contributed by atoms with Gasteiger partial charge in [0.2, 0.25) is 0 Å². The summed E-state index contributed by atoms with van der Waals surface area (Å²) in [4.78, 5) is 30.2. The average Bonchev–Trinajstić information content (AvgIpc) is 2.65. The summed E-state index contributed by atoms with van der Waals surface area (Å²) in [5.41, 5.74) is -0.372. The maximum Gasteiger partial charge on any atom is 0.272 e. The highest BCUT2D eigenvalue weighted by molar-refractivity contribution is 6.05. The van der Waals surface area contributed by atoms with E-state index in [2.05, 4.69) is 10.3 Å². The van der Waals surface area contributed by atoms with E-state index >= 15 is 0 Å². The number of halogens is 2. The Morgan fingerprint density at radius 2 is 1.80 bits per heavy atom. The van der Waals surface area contributed by atoms with Crippen molar-refractivity contribution in [3.63, 3.8) is 0 Å². The molecule has 0 unspecified atom stereocenters. The molecule has 2 amide bonds. The van der Waals surface area contributed by atoms with E-state index in [1.54, 1.807) is 4.90 Å². The van der Waals surface area contributed by atoms with Gasteiger partial charge in [0, 0.05) is 24.8 Å². The van der Waals surface area contributed by atoms with Crippen LogP contribution in [0.4, 0.5) is 14.5 Å². The Morgan fingerprint density at radius 3 is 2.48 bits per heavy atom. The van der Waals surface area contributed by atoms with Crippen molar-refractivity contribution in [2.24, 2.45) is 0 Å². The number of hydrogen-bond acceptors (Lipinski definition) is 4. The van der Waals surface area contributed by atoms with Crippen molar-refractivity contribution in [1.82, 2.24) is 9.88 Å². The fourth-order valence-electron chi connectivity index (χ4n) is 2.42. The number of hydrogen-bond donors (Lipinski definition) is 1. The molecule has 0 radical (unpaired) electrons. The molecule has 1 N–H and O–H groups in total. The van der Waals surface area contributed by atoms with E-state index in [9.17, 15) is 18.4 Å². The van der Waals surface area contributed by atoms with Crippen LogP contribution in [0.2, 0.25) is 0 Å². The van der Waals surface area contributed by atoms with Gasteiger partial charge in [0.25, 0.3) is 11.8 Å². The summed E-state index contributed by atoms with van der Waals surface area (Å²) in [5, 5.41) is 2.18. The van der Waals surface area contributed by atoms with Crippen LogP contribution in [0.5, 0.6) is 0 Å². The van der Waals surface area contributed by atoms with Crippen LogP contribution < -0.4 is 5.32 Å². The minimum atomic E-state index is -0.882. The molecule has 6 nitrogen and oxygen atoms in total. The van der Waals surface area contributed by atoms with Crippen LogP contribution in [-0.4, -0.2) is 48.0 Å². The summed E-state index contributed by atoms with van der Waals surface area (Å²) < 4.78 is 32.5. The SMILES string of the molecule is O=C(Nc1c(F)cccc1F)c1ccnc(C(=O)N2CCOCC2)c1. The first kappa shape index (κ1) is 17.0. The van der Waals surface area contributed by atoms with Gasteiger partial charge in [-0.2, -0.15) is 0 Å². The van der Waals surface area contributed by atoms with Gasteiger partial charge >= 0.3 is 0 Å². The minimum Gasteiger partial charge on any atom is -0.378 e. The molecule has 0 aliphatic carbocycles. The van der Waals surface area contributed by atoms with Crippen LogP contribution in [0.25, 0.3) is 0 Å². The van der Waals surface area contributed by atoms with Gasteiger partial charge in [-0.15, -0.1) is 0 Å². The van der Waals surface area contributed by atoms with Crippen molar-refractivity contribution in [2.45, 2.75) is 0 Å². The zero-order valence-corrected chi connectivity index (χ0v) is 13.2. The number of anilines is 1. The van der Waals surface area contributed by atoms with Gasteiger partial charge in [-0.1, -0.05) is 6.07 Å². The first-order chi connectivity index (χ1) is 12.1. The molecule has 1 aromatic carbocycles. The Hall–Kier alpha value is -2.87. The highest BCUT2D eigenvalue weighted by Crippen LogP contribution is 2.19. The monoisotopic (exact) mass is 347 g/mol. The number of morpholine rings is 1. The van der Waals surface area contributed by atoms with Crippen molar-refractivity contribution in [3.8, 4) is 0 Å². The Bertz CT molecular complexity index is 787. The summed E-state index contributed by atoms with van der Waals surface area (Å²) in [6.45, 7) is 1.77. The van der Waals surface area contributed by atoms with Crippen LogP contribution in [-0.2, 0) is 4.74 Å². The lowest BCUT2D eigenvalue weighted by molar-refractivity contribution is 0.0299. The van der Waals surface area contributed by atoms with Crippen LogP contribution in [0.3, 0.4) is 0 Å². The lowest BCUT2D eigenvalue weighted by Gasteiger charge is -2.26. The third-order valence-electron chi connectivity index (χ3n) is 3.74. The second-order valence-electron chi connectivity index (χ2n) is 5.39. The van der Waals surface area contributed by atoms with Gasteiger partial charge in [0.15, 0.2) is 0 Å². The Kier molecular flexibility index (Phi) is 4.99. The molecule has 1 saturated heterocycles. The summed E-state index contributed by atoms with van der Waals surface area (Å²) in [5.74, 6) is -2.82. The third-order valence-corrected chi connectivity index (χ3v) is 3.74. The molecule has 0 spiro atoms. The molecule has 130 valence electrons. The van der Waals surface area contributed by atoms with Crippen LogP contribution in [0.1, 0.15) is 20.8 Å². The van der Waals surface area contributed by atoms with E-state index in [4.69, 9.17) is 4.74 Å². The molecule has 25 heavy (non-hydrogen) atoms. The Morgan fingerprint density at radius 1 is 1.12 bits per heavy atom. The van der Waals surface area contributed by atoms with E-state index in [0.29, 0.717) is 26.3 Å². The van der Waals surface area contributed by atoms with Crippen molar-refractivity contribution in [2.75, 3.05) is 31.6 Å². The number of carbonyl (C=O) groups excluding carboxylic acids is 2. The lowest BCUT2D eigenvalue weighted by atomic mass is 10.2. The summed E-state index contributed by atoms with van der Waals surface area (Å²) in [6.07, 6.45) is 1.31. The molecule has 2 heterocycles. The van der Waals surface area contributed by atoms with E-state index in [1.807, 2.05) is 0 Å². The smallest absolute Gasteiger partial charge is 0.272 e. The second kappa shape index (κ2) is 7.35. The van der Waals surface area contributed by atoms with Crippen molar-refractivity contribution >= 4 is 17.5 Å². The maximum absolute atomic E-state index is 13.6. The number of amides is 2. The zero-order chi connectivity index (χ0) is 17.8. The van der Waals surface area contributed by atoms with Crippen molar-refractivity contribution < 1.29 is 23.1 Å². The predicted molar refractivity (Wildman–Crippen MR) is 85.3 cm³/mol. The van der Waals surface area contributed by atoms with E-state index < -0.39 is 23.2 Å². The number of rotatable bonds is 3. The average molecular weight is 347 g/mol. The number of carbonyl (C=O) groups is 2. The molecule has 0 saturated carbocycles. The summed E-state index contributed by atoms with van der Waals surface area (Å²) in [7, 11) is 0. The number of nitrogens with one attached hydrogen (secondary N) is 1. The van der Waals surface area contributed by atoms with Crippen LogP contribution >= 0.6 is 0 Å². The molecule has 1 fully saturated rings. The molecule has 1 aliphatic rings. The van der Waals surface area contributed by atoms with Crippen LogP contribution in [0.15, 0.2) is 36.5 Å².